The average molecular weight is 712 g/mol. The first kappa shape index (κ1) is 34.6. The van der Waals surface area contributed by atoms with Gasteiger partial charge >= 0.3 is 5.69 Å². The molecule has 2 fully saturated rings. The third-order valence-corrected chi connectivity index (χ3v) is 10.6. The standard InChI is InChI=1S/C42H42FN7O3/c1-26-23-48(24-27(2)45-26)25-28-10-12-29(13-11-28)31-7-5-8-35(20-31)49-39-36(21-32(43)22-44-39)41(52)50(42(49)53)34-17-15-33(16-18-34)46-40(51)38-19-14-30-6-3-4-9-37(30)47-38/h3-14,19-22,26-27,33-34,45H,15-18,23-25H2,1-2H3,(H,46,51)/t26-,27+,33?,34?. The van der Waals surface area contributed by atoms with Gasteiger partial charge in [-0.3, -0.25) is 19.1 Å². The molecule has 1 amide bonds. The number of piperazine rings is 1. The van der Waals surface area contributed by atoms with Gasteiger partial charge in [-0.1, -0.05) is 60.7 Å². The summed E-state index contributed by atoms with van der Waals surface area (Å²) < 4.78 is 17.3. The Balaban J connectivity index is 1.04. The second-order valence-corrected chi connectivity index (χ2v) is 14.6. The Hall–Kier alpha value is -5.52. The average Bonchev–Trinajstić information content (AvgIpc) is 3.15. The Morgan fingerprint density at radius 2 is 1.62 bits per heavy atom. The first-order valence-electron chi connectivity index (χ1n) is 18.4. The Morgan fingerprint density at radius 1 is 0.868 bits per heavy atom. The van der Waals surface area contributed by atoms with E-state index in [9.17, 15) is 18.8 Å². The normalized spacial score (nSPS) is 20.8. The Bertz CT molecular complexity index is 2430. The van der Waals surface area contributed by atoms with Gasteiger partial charge in [0, 0.05) is 49.2 Å². The molecule has 0 spiro atoms. The monoisotopic (exact) mass is 711 g/mol. The minimum absolute atomic E-state index is 0.0358. The quantitative estimate of drug-likeness (QED) is 0.209. The highest BCUT2D eigenvalue weighted by atomic mass is 19.1. The van der Waals surface area contributed by atoms with Gasteiger partial charge < -0.3 is 10.6 Å². The fraction of sp³-hybridized carbons (Fsp3) is 0.310. The predicted molar refractivity (Wildman–Crippen MR) is 205 cm³/mol. The van der Waals surface area contributed by atoms with Crippen molar-refractivity contribution in [3.05, 3.63) is 135 Å². The fourth-order valence-corrected chi connectivity index (χ4v) is 8.12. The molecule has 0 bridgehead atoms. The van der Waals surface area contributed by atoms with Gasteiger partial charge in [-0.2, -0.15) is 0 Å². The Labute approximate surface area is 306 Å². The van der Waals surface area contributed by atoms with Crippen molar-refractivity contribution in [1.82, 2.24) is 34.6 Å². The second-order valence-electron chi connectivity index (χ2n) is 14.6. The number of para-hydroxylation sites is 1. The maximum atomic E-state index is 14.6. The molecule has 10 nitrogen and oxygen atoms in total. The van der Waals surface area contributed by atoms with Crippen LogP contribution in [0.15, 0.2) is 107 Å². The van der Waals surface area contributed by atoms with E-state index in [1.54, 1.807) is 12.1 Å². The van der Waals surface area contributed by atoms with Gasteiger partial charge in [-0.15, -0.1) is 0 Å². The summed E-state index contributed by atoms with van der Waals surface area (Å²) in [5.41, 5.74) is 3.74. The lowest BCUT2D eigenvalue weighted by molar-refractivity contribution is 0.0917. The molecule has 1 saturated carbocycles. The molecule has 3 aromatic heterocycles. The summed E-state index contributed by atoms with van der Waals surface area (Å²) in [5.74, 6) is -0.914. The molecule has 2 atom stereocenters. The minimum atomic E-state index is -0.654. The number of nitrogens with one attached hydrogen (secondary N) is 2. The van der Waals surface area contributed by atoms with Gasteiger partial charge in [-0.05, 0) is 86.6 Å². The third-order valence-electron chi connectivity index (χ3n) is 10.6. The summed E-state index contributed by atoms with van der Waals surface area (Å²) in [5, 5.41) is 7.66. The highest BCUT2D eigenvalue weighted by molar-refractivity contribution is 5.95. The van der Waals surface area contributed by atoms with Gasteiger partial charge in [0.1, 0.15) is 11.5 Å². The number of amides is 1. The van der Waals surface area contributed by atoms with E-state index < -0.39 is 23.1 Å². The predicted octanol–water partition coefficient (Wildman–Crippen LogP) is 6.00. The van der Waals surface area contributed by atoms with Crippen LogP contribution in [0.25, 0.3) is 38.8 Å². The SMILES string of the molecule is C[C@@H]1CN(Cc2ccc(-c3cccc(-n4c(=O)n(C5CCC(NC(=O)c6ccc7ccccc7n6)CC5)c(=O)c5cc(F)cnc54)c3)cc2)C[C@H](C)N1. The van der Waals surface area contributed by atoms with Crippen LogP contribution in [0.3, 0.4) is 0 Å². The van der Waals surface area contributed by atoms with Crippen molar-refractivity contribution in [2.45, 2.75) is 70.2 Å². The smallest absolute Gasteiger partial charge is 0.337 e. The lowest BCUT2D eigenvalue weighted by Crippen LogP contribution is -2.53. The van der Waals surface area contributed by atoms with Crippen LogP contribution in [0.2, 0.25) is 0 Å². The van der Waals surface area contributed by atoms with E-state index in [1.165, 1.54) is 14.7 Å². The van der Waals surface area contributed by atoms with Crippen molar-refractivity contribution in [1.29, 1.82) is 0 Å². The van der Waals surface area contributed by atoms with Crippen molar-refractivity contribution in [3.63, 3.8) is 0 Å². The fourth-order valence-electron chi connectivity index (χ4n) is 8.12. The number of carbonyl (C=O) groups excluding carboxylic acids is 1. The topological polar surface area (TPSA) is 114 Å². The molecule has 270 valence electrons. The number of pyridine rings is 2. The molecule has 11 heteroatoms. The maximum Gasteiger partial charge on any atom is 0.337 e. The van der Waals surface area contributed by atoms with Gasteiger partial charge in [0.2, 0.25) is 0 Å². The molecular weight excluding hydrogens is 670 g/mol. The van der Waals surface area contributed by atoms with Gasteiger partial charge in [0.25, 0.3) is 11.5 Å². The van der Waals surface area contributed by atoms with Crippen LogP contribution in [0.5, 0.6) is 0 Å². The van der Waals surface area contributed by atoms with Crippen molar-refractivity contribution in [2.24, 2.45) is 0 Å². The number of hydrogen-bond acceptors (Lipinski definition) is 7. The highest BCUT2D eigenvalue weighted by Gasteiger charge is 2.29. The van der Waals surface area contributed by atoms with Crippen LogP contribution < -0.4 is 21.9 Å². The summed E-state index contributed by atoms with van der Waals surface area (Å²) >= 11 is 0. The zero-order valence-electron chi connectivity index (χ0n) is 29.8. The Morgan fingerprint density at radius 3 is 2.40 bits per heavy atom. The zero-order valence-corrected chi connectivity index (χ0v) is 29.8. The van der Waals surface area contributed by atoms with Crippen LogP contribution >= 0.6 is 0 Å². The molecule has 3 aromatic carbocycles. The number of aromatic nitrogens is 4. The van der Waals surface area contributed by atoms with Crippen LogP contribution in [0.4, 0.5) is 4.39 Å². The maximum absolute atomic E-state index is 14.6. The van der Waals surface area contributed by atoms with E-state index in [-0.39, 0.29) is 23.0 Å². The summed E-state index contributed by atoms with van der Waals surface area (Å²) in [4.78, 5) is 52.6. The lowest BCUT2D eigenvalue weighted by Gasteiger charge is -2.36. The van der Waals surface area contributed by atoms with Crippen LogP contribution in [0, 0.1) is 5.82 Å². The molecule has 4 heterocycles. The van der Waals surface area contributed by atoms with E-state index in [2.05, 4.69) is 63.6 Å². The third kappa shape index (κ3) is 7.14. The van der Waals surface area contributed by atoms with Crippen LogP contribution in [-0.4, -0.2) is 61.1 Å². The largest absolute Gasteiger partial charge is 0.348 e. The number of carbonyl (C=O) groups is 1. The van der Waals surface area contributed by atoms with Crippen molar-refractivity contribution in [3.8, 4) is 16.8 Å². The van der Waals surface area contributed by atoms with E-state index in [1.807, 2.05) is 48.5 Å². The van der Waals surface area contributed by atoms with Crippen molar-refractivity contribution < 1.29 is 9.18 Å². The van der Waals surface area contributed by atoms with E-state index in [0.29, 0.717) is 49.1 Å². The van der Waals surface area contributed by atoms with E-state index in [4.69, 9.17) is 0 Å². The highest BCUT2D eigenvalue weighted by Crippen LogP contribution is 2.29. The molecule has 1 aliphatic heterocycles. The van der Waals surface area contributed by atoms with Gasteiger partial charge in [0.05, 0.1) is 22.8 Å². The number of benzene rings is 3. The molecule has 1 saturated heterocycles. The number of fused-ring (bicyclic) bond motifs is 2. The Kier molecular flexibility index (Phi) is 9.44. The molecule has 53 heavy (non-hydrogen) atoms. The van der Waals surface area contributed by atoms with Gasteiger partial charge in [-0.25, -0.2) is 23.7 Å². The van der Waals surface area contributed by atoms with E-state index in [0.717, 1.165) is 53.9 Å². The summed E-state index contributed by atoms with van der Waals surface area (Å²) in [6, 6.07) is 28.7. The number of rotatable bonds is 7. The van der Waals surface area contributed by atoms with Crippen LogP contribution in [0.1, 0.15) is 61.6 Å². The summed E-state index contributed by atoms with van der Waals surface area (Å²) in [6.45, 7) is 7.29. The molecule has 0 radical (unpaired) electrons. The molecule has 2 aliphatic rings. The molecule has 0 unspecified atom stereocenters. The second kappa shape index (κ2) is 14.5. The number of halogens is 1. The number of hydrogen-bond donors (Lipinski definition) is 2. The molecule has 1 aliphatic carbocycles. The zero-order chi connectivity index (χ0) is 36.6. The van der Waals surface area contributed by atoms with Crippen molar-refractivity contribution >= 4 is 27.8 Å². The minimum Gasteiger partial charge on any atom is -0.348 e. The first-order chi connectivity index (χ1) is 25.7. The molecule has 8 rings (SSSR count). The molecule has 2 N–H and O–H groups in total. The van der Waals surface area contributed by atoms with Gasteiger partial charge in [0.15, 0.2) is 5.65 Å². The lowest BCUT2D eigenvalue weighted by atomic mass is 9.90. The van der Waals surface area contributed by atoms with Crippen LogP contribution in [-0.2, 0) is 6.54 Å². The molecule has 6 aromatic rings. The number of nitrogens with zero attached hydrogens (tertiary/aromatic N) is 5. The van der Waals surface area contributed by atoms with Crippen molar-refractivity contribution in [2.75, 3.05) is 13.1 Å². The summed E-state index contributed by atoms with van der Waals surface area (Å²) in [6.07, 6.45) is 3.12. The summed E-state index contributed by atoms with van der Waals surface area (Å²) in [7, 11) is 0. The molecular formula is C42H42FN7O3. The first-order valence-corrected chi connectivity index (χ1v) is 18.4. The van der Waals surface area contributed by atoms with E-state index >= 15 is 0 Å².